The van der Waals surface area contributed by atoms with Gasteiger partial charge in [0.25, 0.3) is 0 Å². The van der Waals surface area contributed by atoms with Crippen molar-refractivity contribution in [1.82, 2.24) is 9.21 Å². The molecule has 6 heteroatoms. The van der Waals surface area contributed by atoms with E-state index in [0.717, 1.165) is 13.1 Å². The Morgan fingerprint density at radius 1 is 1.46 bits per heavy atom. The van der Waals surface area contributed by atoms with E-state index in [1.165, 1.54) is 0 Å². The Labute approximate surface area is 88.1 Å². The second-order valence-electron chi connectivity index (χ2n) is 3.44. The Hall–Kier alpha value is 0.350. The van der Waals surface area contributed by atoms with E-state index < -0.39 is 10.0 Å². The van der Waals surface area contributed by atoms with Crippen LogP contribution in [-0.4, -0.2) is 55.0 Å². The first-order chi connectivity index (χ1) is 5.97. The van der Waals surface area contributed by atoms with Crippen LogP contribution >= 0.6 is 15.9 Å². The van der Waals surface area contributed by atoms with Gasteiger partial charge in [-0.05, 0) is 14.0 Å². The molecule has 0 aliphatic carbocycles. The van der Waals surface area contributed by atoms with Crippen LogP contribution in [0, 0.1) is 0 Å². The number of piperazine rings is 1. The van der Waals surface area contributed by atoms with Gasteiger partial charge in [-0.1, -0.05) is 15.9 Å². The fourth-order valence-electron chi connectivity index (χ4n) is 1.60. The number of hydrogen-bond acceptors (Lipinski definition) is 3. The molecule has 0 spiro atoms. The molecule has 1 rings (SSSR count). The van der Waals surface area contributed by atoms with E-state index in [0.29, 0.717) is 6.54 Å². The number of alkyl halides is 1. The van der Waals surface area contributed by atoms with Crippen molar-refractivity contribution in [2.45, 2.75) is 13.0 Å². The van der Waals surface area contributed by atoms with Gasteiger partial charge in [-0.3, -0.25) is 0 Å². The van der Waals surface area contributed by atoms with Gasteiger partial charge < -0.3 is 4.90 Å². The molecule has 4 nitrogen and oxygen atoms in total. The van der Waals surface area contributed by atoms with E-state index >= 15 is 0 Å². The van der Waals surface area contributed by atoms with Crippen LogP contribution in [0.25, 0.3) is 0 Å². The van der Waals surface area contributed by atoms with E-state index in [-0.39, 0.29) is 10.7 Å². The van der Waals surface area contributed by atoms with Gasteiger partial charge in [0.15, 0.2) is 0 Å². The second-order valence-corrected chi connectivity index (χ2v) is 6.67. The van der Waals surface area contributed by atoms with E-state index in [4.69, 9.17) is 0 Å². The molecule has 1 saturated heterocycles. The summed E-state index contributed by atoms with van der Waals surface area (Å²) < 4.78 is 24.7. The molecule has 0 aromatic carbocycles. The zero-order chi connectivity index (χ0) is 10.1. The highest BCUT2D eigenvalue weighted by Gasteiger charge is 2.30. The number of likely N-dealkylation sites (N-methyl/N-ethyl adjacent to an activating group) is 1. The summed E-state index contributed by atoms with van der Waals surface area (Å²) in [6.45, 7) is 4.17. The van der Waals surface area contributed by atoms with Crippen molar-refractivity contribution in [3.05, 3.63) is 0 Å². The molecule has 0 saturated carbocycles. The Bertz CT molecular complexity index is 268. The number of hydrogen-bond donors (Lipinski definition) is 0. The maximum absolute atomic E-state index is 11.5. The van der Waals surface area contributed by atoms with E-state index in [1.54, 1.807) is 4.31 Å². The predicted octanol–water partition coefficient (Wildman–Crippen LogP) is 0.305. The van der Waals surface area contributed by atoms with E-state index in [9.17, 15) is 8.42 Å². The topological polar surface area (TPSA) is 40.6 Å². The van der Waals surface area contributed by atoms with Gasteiger partial charge in [0.2, 0.25) is 10.0 Å². The molecule has 0 aromatic rings. The van der Waals surface area contributed by atoms with Crippen LogP contribution in [0.4, 0.5) is 0 Å². The minimum atomic E-state index is -3.07. The molecule has 78 valence electrons. The summed E-state index contributed by atoms with van der Waals surface area (Å²) in [5, 5.41) is 0. The average Bonchev–Trinajstić information content (AvgIpc) is 2.03. The number of rotatable bonds is 2. The van der Waals surface area contributed by atoms with E-state index in [1.807, 2.05) is 14.0 Å². The number of nitrogens with zero attached hydrogens (tertiary/aromatic N) is 2. The highest BCUT2D eigenvalue weighted by molar-refractivity contribution is 9.10. The first-order valence-corrected chi connectivity index (χ1v) is 6.94. The normalized spacial score (nSPS) is 27.8. The van der Waals surface area contributed by atoms with Gasteiger partial charge in [-0.15, -0.1) is 0 Å². The second kappa shape index (κ2) is 4.25. The Balaban J connectivity index is 2.72. The zero-order valence-electron chi connectivity index (χ0n) is 7.90. The van der Waals surface area contributed by atoms with Crippen molar-refractivity contribution >= 4 is 26.0 Å². The molecule has 1 atom stereocenters. The standard InChI is InChI=1S/C7H15BrN2O2S/c1-7-5-9(2)3-4-10(7)13(11,12)6-8/h7H,3-6H2,1-2H3. The quantitative estimate of drug-likeness (QED) is 0.678. The van der Waals surface area contributed by atoms with Crippen LogP contribution < -0.4 is 0 Å². The van der Waals surface area contributed by atoms with Gasteiger partial charge in [0.1, 0.15) is 4.66 Å². The molecule has 0 bridgehead atoms. The van der Waals surface area contributed by atoms with Crippen LogP contribution in [0.15, 0.2) is 0 Å². The molecule has 1 unspecified atom stereocenters. The molecule has 1 aliphatic heterocycles. The largest absolute Gasteiger partial charge is 0.303 e. The van der Waals surface area contributed by atoms with Crippen molar-refractivity contribution in [1.29, 1.82) is 0 Å². The summed E-state index contributed by atoms with van der Waals surface area (Å²) in [5.41, 5.74) is 0. The maximum Gasteiger partial charge on any atom is 0.224 e. The van der Waals surface area contributed by atoms with Crippen LogP contribution in [0.1, 0.15) is 6.92 Å². The van der Waals surface area contributed by atoms with Crippen LogP contribution in [0.3, 0.4) is 0 Å². The minimum Gasteiger partial charge on any atom is -0.303 e. The zero-order valence-corrected chi connectivity index (χ0v) is 10.3. The minimum absolute atomic E-state index is 0.0219. The summed E-state index contributed by atoms with van der Waals surface area (Å²) >= 11 is 3.01. The summed E-state index contributed by atoms with van der Waals surface area (Å²) in [6.07, 6.45) is 0. The summed E-state index contributed by atoms with van der Waals surface area (Å²) in [4.78, 5) is 2.14. The third-order valence-electron chi connectivity index (χ3n) is 2.26. The Morgan fingerprint density at radius 3 is 2.54 bits per heavy atom. The maximum atomic E-state index is 11.5. The predicted molar refractivity (Wildman–Crippen MR) is 56.4 cm³/mol. The van der Waals surface area contributed by atoms with Crippen LogP contribution in [-0.2, 0) is 10.0 Å². The van der Waals surface area contributed by atoms with Gasteiger partial charge in [-0.25, -0.2) is 8.42 Å². The lowest BCUT2D eigenvalue weighted by Gasteiger charge is -2.36. The molecule has 1 fully saturated rings. The average molecular weight is 271 g/mol. The molecule has 1 aliphatic rings. The first-order valence-electron chi connectivity index (χ1n) is 4.21. The third kappa shape index (κ3) is 2.65. The van der Waals surface area contributed by atoms with Crippen molar-refractivity contribution in [2.24, 2.45) is 0 Å². The summed E-state index contributed by atoms with van der Waals surface area (Å²) in [6, 6.07) is 0.0845. The fourth-order valence-corrected chi connectivity index (χ4v) is 3.49. The molecule has 0 radical (unpaired) electrons. The van der Waals surface area contributed by atoms with E-state index in [2.05, 4.69) is 20.8 Å². The first kappa shape index (κ1) is 11.4. The lowest BCUT2D eigenvalue weighted by atomic mass is 10.2. The molecule has 13 heavy (non-hydrogen) atoms. The summed E-state index contributed by atoms with van der Waals surface area (Å²) in [7, 11) is -1.06. The Morgan fingerprint density at radius 2 is 2.08 bits per heavy atom. The number of sulfonamides is 1. The van der Waals surface area contributed by atoms with Crippen molar-refractivity contribution in [3.8, 4) is 0 Å². The monoisotopic (exact) mass is 270 g/mol. The highest BCUT2D eigenvalue weighted by Crippen LogP contribution is 2.14. The van der Waals surface area contributed by atoms with Crippen LogP contribution in [0.5, 0.6) is 0 Å². The molecule has 0 aromatic heterocycles. The molecule has 0 N–H and O–H groups in total. The van der Waals surface area contributed by atoms with Gasteiger partial charge in [-0.2, -0.15) is 4.31 Å². The SMILES string of the molecule is CC1CN(C)CCN1S(=O)(=O)CBr. The molecule has 1 heterocycles. The van der Waals surface area contributed by atoms with Crippen molar-refractivity contribution < 1.29 is 8.42 Å². The molecular formula is C7H15BrN2O2S. The van der Waals surface area contributed by atoms with Gasteiger partial charge in [0, 0.05) is 25.7 Å². The third-order valence-corrected chi connectivity index (χ3v) is 5.53. The van der Waals surface area contributed by atoms with Crippen molar-refractivity contribution in [2.75, 3.05) is 31.3 Å². The summed E-state index contributed by atoms with van der Waals surface area (Å²) in [5.74, 6) is 0. The Kier molecular flexibility index (Phi) is 3.73. The lowest BCUT2D eigenvalue weighted by Crippen LogP contribution is -2.52. The number of halogens is 1. The smallest absolute Gasteiger partial charge is 0.224 e. The highest BCUT2D eigenvalue weighted by atomic mass is 79.9. The van der Waals surface area contributed by atoms with Crippen molar-refractivity contribution in [3.63, 3.8) is 0 Å². The molecular weight excluding hydrogens is 256 g/mol. The van der Waals surface area contributed by atoms with Crippen LogP contribution in [0.2, 0.25) is 0 Å². The van der Waals surface area contributed by atoms with Gasteiger partial charge in [0.05, 0.1) is 0 Å². The molecule has 0 amide bonds. The fraction of sp³-hybridized carbons (Fsp3) is 1.00. The lowest BCUT2D eigenvalue weighted by molar-refractivity contribution is 0.171. The van der Waals surface area contributed by atoms with Gasteiger partial charge >= 0.3 is 0 Å².